The summed E-state index contributed by atoms with van der Waals surface area (Å²) in [4.78, 5) is 45.3. The van der Waals surface area contributed by atoms with Crippen molar-refractivity contribution in [2.24, 2.45) is 0 Å². The second-order valence-corrected chi connectivity index (χ2v) is 9.71. The number of likely N-dealkylation sites (N-methyl/N-ethyl adjacent to an activating group) is 1. The average molecular weight is 495 g/mol. The van der Waals surface area contributed by atoms with E-state index in [4.69, 9.17) is 9.15 Å². The van der Waals surface area contributed by atoms with Gasteiger partial charge in [-0.3, -0.25) is 14.4 Å². The standard InChI is InChI=1S/C30H26N2O5/c1-17-15-21-24(16-18(17)2)37-27-25(26(21)33)30(22-7-5-6-8-23(22)31(3)29(30)35)32(28(27)34)14-13-19-9-11-20(36-4)12-10-19/h5-12,15-16H,13-14H2,1-4H3. The van der Waals surface area contributed by atoms with Gasteiger partial charge in [0.25, 0.3) is 11.8 Å². The average Bonchev–Trinajstić information content (AvgIpc) is 3.28. The molecule has 186 valence electrons. The number of carbonyl (C=O) groups excluding carboxylic acids is 2. The Morgan fingerprint density at radius 1 is 0.946 bits per heavy atom. The van der Waals surface area contributed by atoms with Crippen LogP contribution in [-0.2, 0) is 16.8 Å². The quantitative estimate of drug-likeness (QED) is 0.422. The molecule has 0 aliphatic carbocycles. The van der Waals surface area contributed by atoms with Crippen LogP contribution in [0.25, 0.3) is 11.0 Å². The van der Waals surface area contributed by atoms with E-state index in [9.17, 15) is 14.4 Å². The van der Waals surface area contributed by atoms with Gasteiger partial charge < -0.3 is 19.0 Å². The Morgan fingerprint density at radius 3 is 2.38 bits per heavy atom. The number of anilines is 1. The van der Waals surface area contributed by atoms with E-state index in [2.05, 4.69) is 0 Å². The van der Waals surface area contributed by atoms with Crippen LogP contribution in [0.3, 0.4) is 0 Å². The molecule has 7 nitrogen and oxygen atoms in total. The molecule has 3 aromatic carbocycles. The fourth-order valence-electron chi connectivity index (χ4n) is 5.68. The summed E-state index contributed by atoms with van der Waals surface area (Å²) < 4.78 is 11.4. The summed E-state index contributed by atoms with van der Waals surface area (Å²) in [6.45, 7) is 4.07. The predicted octanol–water partition coefficient (Wildman–Crippen LogP) is 4.34. The summed E-state index contributed by atoms with van der Waals surface area (Å²) in [5.41, 5.74) is 2.66. The molecule has 2 amide bonds. The topological polar surface area (TPSA) is 80.1 Å². The van der Waals surface area contributed by atoms with Crippen molar-refractivity contribution in [3.05, 3.63) is 104 Å². The van der Waals surface area contributed by atoms with Gasteiger partial charge in [-0.1, -0.05) is 30.3 Å². The zero-order valence-electron chi connectivity index (χ0n) is 21.1. The molecule has 37 heavy (non-hydrogen) atoms. The van der Waals surface area contributed by atoms with E-state index in [1.54, 1.807) is 26.3 Å². The van der Waals surface area contributed by atoms with Gasteiger partial charge in [-0.2, -0.15) is 0 Å². The van der Waals surface area contributed by atoms with E-state index in [1.807, 2.05) is 62.4 Å². The van der Waals surface area contributed by atoms with Gasteiger partial charge in [-0.15, -0.1) is 0 Å². The second-order valence-electron chi connectivity index (χ2n) is 9.71. The van der Waals surface area contributed by atoms with Crippen molar-refractivity contribution in [2.75, 3.05) is 25.6 Å². The maximum absolute atomic E-state index is 14.1. The van der Waals surface area contributed by atoms with E-state index in [-0.39, 0.29) is 29.2 Å². The molecule has 1 atom stereocenters. The number of amides is 2. The van der Waals surface area contributed by atoms with E-state index < -0.39 is 11.4 Å². The van der Waals surface area contributed by atoms with Crippen molar-refractivity contribution in [3.8, 4) is 5.75 Å². The highest BCUT2D eigenvalue weighted by Gasteiger charge is 2.64. The third-order valence-corrected chi connectivity index (χ3v) is 7.77. The summed E-state index contributed by atoms with van der Waals surface area (Å²) in [5, 5.41) is 0.367. The third-order valence-electron chi connectivity index (χ3n) is 7.77. The highest BCUT2D eigenvalue weighted by atomic mass is 16.5. The number of fused-ring (bicyclic) bond motifs is 5. The predicted molar refractivity (Wildman–Crippen MR) is 140 cm³/mol. The summed E-state index contributed by atoms with van der Waals surface area (Å²) in [6.07, 6.45) is 0.483. The van der Waals surface area contributed by atoms with Crippen molar-refractivity contribution >= 4 is 28.5 Å². The molecule has 7 heteroatoms. The summed E-state index contributed by atoms with van der Waals surface area (Å²) in [5.74, 6) is -0.127. The van der Waals surface area contributed by atoms with Gasteiger partial charge in [-0.05, 0) is 67.3 Å². The molecule has 1 unspecified atom stereocenters. The van der Waals surface area contributed by atoms with Crippen molar-refractivity contribution in [1.29, 1.82) is 0 Å². The van der Waals surface area contributed by atoms with Crippen LogP contribution in [0.1, 0.15) is 38.4 Å². The number of ether oxygens (including phenoxy) is 1. The van der Waals surface area contributed by atoms with Gasteiger partial charge in [0.2, 0.25) is 5.76 Å². The molecule has 2 aliphatic heterocycles. The van der Waals surface area contributed by atoms with Gasteiger partial charge in [0.1, 0.15) is 11.3 Å². The summed E-state index contributed by atoms with van der Waals surface area (Å²) in [7, 11) is 3.28. The SMILES string of the molecule is COc1ccc(CCN2C(=O)c3oc4cc(C)c(C)cc4c(=O)c3C23C(=O)N(C)c2ccccc23)cc1. The molecule has 0 saturated carbocycles. The van der Waals surface area contributed by atoms with Gasteiger partial charge in [0, 0.05) is 24.8 Å². The molecule has 6 rings (SSSR count). The Kier molecular flexibility index (Phi) is 5.02. The number of nitrogens with zero attached hydrogens (tertiary/aromatic N) is 2. The highest BCUT2D eigenvalue weighted by Crippen LogP contribution is 2.52. The Hall–Kier alpha value is -4.39. The highest BCUT2D eigenvalue weighted by molar-refractivity contribution is 6.16. The number of aryl methyl sites for hydroxylation is 2. The van der Waals surface area contributed by atoms with Crippen LogP contribution in [0, 0.1) is 13.8 Å². The molecular formula is C30H26N2O5. The van der Waals surface area contributed by atoms with E-state index in [0.29, 0.717) is 28.6 Å². The van der Waals surface area contributed by atoms with Crippen LogP contribution in [0.15, 0.2) is 69.9 Å². The van der Waals surface area contributed by atoms with Crippen molar-refractivity contribution in [2.45, 2.75) is 25.8 Å². The third kappa shape index (κ3) is 3.03. The molecular weight excluding hydrogens is 468 g/mol. The van der Waals surface area contributed by atoms with Crippen LogP contribution in [0.5, 0.6) is 5.75 Å². The van der Waals surface area contributed by atoms with Crippen molar-refractivity contribution < 1.29 is 18.7 Å². The fourth-order valence-corrected chi connectivity index (χ4v) is 5.68. The number of rotatable bonds is 4. The molecule has 2 aliphatic rings. The van der Waals surface area contributed by atoms with Gasteiger partial charge in [-0.25, -0.2) is 0 Å². The zero-order valence-corrected chi connectivity index (χ0v) is 21.1. The lowest BCUT2D eigenvalue weighted by Crippen LogP contribution is -2.53. The minimum absolute atomic E-state index is 0.0612. The summed E-state index contributed by atoms with van der Waals surface area (Å²) in [6, 6.07) is 18.5. The Labute approximate surface area is 213 Å². The molecule has 0 bridgehead atoms. The number of hydrogen-bond acceptors (Lipinski definition) is 5. The lowest BCUT2D eigenvalue weighted by molar-refractivity contribution is -0.125. The normalized spacial score (nSPS) is 18.2. The number of carbonyl (C=O) groups is 2. The lowest BCUT2D eigenvalue weighted by atomic mass is 9.83. The van der Waals surface area contributed by atoms with E-state index >= 15 is 0 Å². The molecule has 0 fully saturated rings. The Balaban J connectivity index is 1.59. The largest absolute Gasteiger partial charge is 0.497 e. The van der Waals surface area contributed by atoms with Crippen LogP contribution >= 0.6 is 0 Å². The van der Waals surface area contributed by atoms with Gasteiger partial charge in [0.05, 0.1) is 18.1 Å². The smallest absolute Gasteiger partial charge is 0.291 e. The minimum Gasteiger partial charge on any atom is -0.497 e. The van der Waals surface area contributed by atoms with Gasteiger partial charge >= 0.3 is 0 Å². The Bertz CT molecular complexity index is 1670. The van der Waals surface area contributed by atoms with Gasteiger partial charge in [0.15, 0.2) is 11.0 Å². The fraction of sp³-hybridized carbons (Fsp3) is 0.233. The number of methoxy groups -OCH3 is 1. The maximum Gasteiger partial charge on any atom is 0.291 e. The van der Waals surface area contributed by atoms with Crippen LogP contribution in [-0.4, -0.2) is 37.4 Å². The zero-order chi connectivity index (χ0) is 26.1. The summed E-state index contributed by atoms with van der Waals surface area (Å²) >= 11 is 0. The first kappa shape index (κ1) is 23.0. The lowest BCUT2D eigenvalue weighted by Gasteiger charge is -2.34. The molecule has 0 radical (unpaired) electrons. The first-order valence-corrected chi connectivity index (χ1v) is 12.2. The molecule has 0 N–H and O–H groups in total. The van der Waals surface area contributed by atoms with E-state index in [1.165, 1.54) is 9.80 Å². The molecule has 0 saturated heterocycles. The first-order valence-electron chi connectivity index (χ1n) is 12.2. The van der Waals surface area contributed by atoms with Crippen molar-refractivity contribution in [3.63, 3.8) is 0 Å². The van der Waals surface area contributed by atoms with Crippen LogP contribution in [0.2, 0.25) is 0 Å². The Morgan fingerprint density at radius 2 is 1.65 bits per heavy atom. The monoisotopic (exact) mass is 494 g/mol. The minimum atomic E-state index is -1.59. The first-order chi connectivity index (χ1) is 17.8. The van der Waals surface area contributed by atoms with Crippen molar-refractivity contribution in [1.82, 2.24) is 4.90 Å². The number of para-hydroxylation sites is 1. The molecule has 1 spiro atoms. The van der Waals surface area contributed by atoms with E-state index in [0.717, 1.165) is 22.4 Å². The molecule has 1 aromatic heterocycles. The molecule has 3 heterocycles. The number of hydrogen-bond donors (Lipinski definition) is 0. The van der Waals surface area contributed by atoms with Crippen LogP contribution < -0.4 is 15.1 Å². The molecule has 4 aromatic rings. The van der Waals surface area contributed by atoms with Crippen LogP contribution in [0.4, 0.5) is 5.69 Å². The number of benzene rings is 3. The maximum atomic E-state index is 14.1. The second kappa shape index (κ2) is 8.06.